The predicted molar refractivity (Wildman–Crippen MR) is 124 cm³/mol. The zero-order chi connectivity index (χ0) is 22.6. The van der Waals surface area contributed by atoms with Crippen molar-refractivity contribution in [2.75, 3.05) is 26.2 Å². The second-order valence-corrected chi connectivity index (χ2v) is 9.60. The first kappa shape index (κ1) is 23.0. The van der Waals surface area contributed by atoms with Crippen molar-refractivity contribution in [1.29, 1.82) is 0 Å². The van der Waals surface area contributed by atoms with Crippen LogP contribution in [0.4, 0.5) is 0 Å². The topological polar surface area (TPSA) is 53.5 Å². The first-order valence-corrected chi connectivity index (χ1v) is 11.3. The summed E-state index contributed by atoms with van der Waals surface area (Å²) in [4.78, 5) is 34.7. The third-order valence-corrected chi connectivity index (χ3v) is 6.25. The van der Waals surface area contributed by atoms with E-state index >= 15 is 0 Å². The summed E-state index contributed by atoms with van der Waals surface area (Å²) >= 11 is 0. The Balaban J connectivity index is 1.93. The van der Waals surface area contributed by atoms with Crippen molar-refractivity contribution in [3.8, 4) is 11.1 Å². The molecule has 31 heavy (non-hydrogen) atoms. The van der Waals surface area contributed by atoms with Gasteiger partial charge in [-0.05, 0) is 49.4 Å². The summed E-state index contributed by atoms with van der Waals surface area (Å²) in [5, 5.41) is 0. The highest BCUT2D eigenvalue weighted by Gasteiger charge is 2.48. The molecular weight excluding hydrogens is 386 g/mol. The summed E-state index contributed by atoms with van der Waals surface area (Å²) in [6.45, 7) is 12.3. The number of nitrogens with zero attached hydrogens (tertiary/aromatic N) is 3. The van der Waals surface area contributed by atoms with Gasteiger partial charge in [-0.3, -0.25) is 14.6 Å². The van der Waals surface area contributed by atoms with E-state index in [0.717, 1.165) is 16.7 Å². The molecule has 5 heteroatoms. The van der Waals surface area contributed by atoms with E-state index in [-0.39, 0.29) is 11.8 Å². The van der Waals surface area contributed by atoms with Crippen LogP contribution in [0.25, 0.3) is 11.1 Å². The Labute approximate surface area is 186 Å². The van der Waals surface area contributed by atoms with Gasteiger partial charge < -0.3 is 9.80 Å². The molecule has 166 valence electrons. The SMILES string of the molecule is CCN(CC)C(=O)[C@@]1(Cc2cccc(-c3cccnc3)c2)CCN(C(=O)C(C)(C)C)C1. The second-order valence-electron chi connectivity index (χ2n) is 9.60. The summed E-state index contributed by atoms with van der Waals surface area (Å²) in [5.41, 5.74) is 2.24. The van der Waals surface area contributed by atoms with Gasteiger partial charge in [0.2, 0.25) is 11.8 Å². The molecule has 1 fully saturated rings. The lowest BCUT2D eigenvalue weighted by Gasteiger charge is -2.34. The molecule has 0 bridgehead atoms. The van der Waals surface area contributed by atoms with Gasteiger partial charge >= 0.3 is 0 Å². The van der Waals surface area contributed by atoms with Crippen LogP contribution < -0.4 is 0 Å². The number of likely N-dealkylation sites (tertiary alicyclic amines) is 1. The lowest BCUT2D eigenvalue weighted by molar-refractivity contribution is -0.143. The van der Waals surface area contributed by atoms with Crippen molar-refractivity contribution in [3.05, 3.63) is 54.4 Å². The van der Waals surface area contributed by atoms with Gasteiger partial charge in [0.05, 0.1) is 5.41 Å². The third-order valence-electron chi connectivity index (χ3n) is 6.25. The normalized spacial score (nSPS) is 18.8. The maximum atomic E-state index is 13.7. The van der Waals surface area contributed by atoms with E-state index < -0.39 is 10.8 Å². The van der Waals surface area contributed by atoms with E-state index in [0.29, 0.717) is 39.0 Å². The molecule has 1 saturated heterocycles. The first-order chi connectivity index (χ1) is 14.7. The third kappa shape index (κ3) is 4.97. The summed E-state index contributed by atoms with van der Waals surface area (Å²) in [6.07, 6.45) is 4.95. The van der Waals surface area contributed by atoms with E-state index in [1.165, 1.54) is 0 Å². The van der Waals surface area contributed by atoms with Crippen LogP contribution in [-0.2, 0) is 16.0 Å². The lowest BCUT2D eigenvalue weighted by atomic mass is 9.78. The van der Waals surface area contributed by atoms with Crippen molar-refractivity contribution in [2.45, 2.75) is 47.5 Å². The first-order valence-electron chi connectivity index (χ1n) is 11.3. The van der Waals surface area contributed by atoms with Crippen molar-refractivity contribution in [3.63, 3.8) is 0 Å². The fourth-order valence-electron chi connectivity index (χ4n) is 4.55. The van der Waals surface area contributed by atoms with Crippen LogP contribution in [0.5, 0.6) is 0 Å². The van der Waals surface area contributed by atoms with Crippen LogP contribution in [-0.4, -0.2) is 52.8 Å². The van der Waals surface area contributed by atoms with Crippen molar-refractivity contribution in [2.24, 2.45) is 10.8 Å². The fourth-order valence-corrected chi connectivity index (χ4v) is 4.55. The number of benzene rings is 1. The smallest absolute Gasteiger partial charge is 0.230 e. The van der Waals surface area contributed by atoms with E-state index in [4.69, 9.17) is 0 Å². The summed E-state index contributed by atoms with van der Waals surface area (Å²) in [5.74, 6) is 0.277. The maximum Gasteiger partial charge on any atom is 0.230 e. The Morgan fingerprint density at radius 3 is 2.42 bits per heavy atom. The molecule has 2 aromatic rings. The molecule has 2 amide bonds. The van der Waals surface area contributed by atoms with Crippen LogP contribution >= 0.6 is 0 Å². The molecule has 5 nitrogen and oxygen atoms in total. The Hall–Kier alpha value is -2.69. The highest BCUT2D eigenvalue weighted by atomic mass is 16.2. The highest BCUT2D eigenvalue weighted by Crippen LogP contribution is 2.38. The average Bonchev–Trinajstić information content (AvgIpc) is 3.19. The summed E-state index contributed by atoms with van der Waals surface area (Å²) in [6, 6.07) is 12.3. The minimum Gasteiger partial charge on any atom is -0.343 e. The van der Waals surface area contributed by atoms with Gasteiger partial charge in [-0.25, -0.2) is 0 Å². The van der Waals surface area contributed by atoms with Gasteiger partial charge in [-0.1, -0.05) is 51.1 Å². The van der Waals surface area contributed by atoms with Gasteiger partial charge in [0.25, 0.3) is 0 Å². The number of aromatic nitrogens is 1. The molecule has 1 aromatic carbocycles. The van der Waals surface area contributed by atoms with Crippen LogP contribution in [0.2, 0.25) is 0 Å². The molecule has 0 N–H and O–H groups in total. The number of rotatable bonds is 6. The van der Waals surface area contributed by atoms with Crippen molar-refractivity contribution >= 4 is 11.8 Å². The molecule has 0 spiro atoms. The largest absolute Gasteiger partial charge is 0.343 e. The zero-order valence-corrected chi connectivity index (χ0v) is 19.5. The molecule has 3 rings (SSSR count). The second kappa shape index (κ2) is 9.21. The average molecular weight is 422 g/mol. The van der Waals surface area contributed by atoms with Crippen LogP contribution in [0.15, 0.2) is 48.8 Å². The molecule has 1 aliphatic heterocycles. The number of carbonyl (C=O) groups is 2. The lowest BCUT2D eigenvalue weighted by Crippen LogP contribution is -2.48. The Bertz CT molecular complexity index is 916. The van der Waals surface area contributed by atoms with Crippen molar-refractivity contribution < 1.29 is 9.59 Å². The van der Waals surface area contributed by atoms with Gasteiger partial charge in [0.15, 0.2) is 0 Å². The minimum atomic E-state index is -0.583. The molecule has 1 aromatic heterocycles. The number of carbonyl (C=O) groups excluding carboxylic acids is 2. The molecule has 1 aliphatic rings. The van der Waals surface area contributed by atoms with Crippen LogP contribution in [0, 0.1) is 10.8 Å². The monoisotopic (exact) mass is 421 g/mol. The van der Waals surface area contributed by atoms with Gasteiger partial charge in [0.1, 0.15) is 0 Å². The molecule has 2 heterocycles. The Kier molecular flexibility index (Phi) is 6.83. The van der Waals surface area contributed by atoms with E-state index in [1.54, 1.807) is 6.20 Å². The molecule has 0 saturated carbocycles. The highest BCUT2D eigenvalue weighted by molar-refractivity contribution is 5.87. The van der Waals surface area contributed by atoms with Gasteiger partial charge in [-0.2, -0.15) is 0 Å². The minimum absolute atomic E-state index is 0.117. The standard InChI is InChI=1S/C26H35N3O2/c1-6-28(7-2)24(31)26(13-15-29(19-26)23(30)25(3,4)5)17-20-10-8-11-21(16-20)22-12-9-14-27-18-22/h8-12,14,16,18H,6-7,13,15,17,19H2,1-5H3/t26-/m1/s1. The van der Waals surface area contributed by atoms with E-state index in [9.17, 15) is 9.59 Å². The Morgan fingerprint density at radius 1 is 1.10 bits per heavy atom. The molecule has 0 radical (unpaired) electrons. The van der Waals surface area contributed by atoms with Gasteiger partial charge in [0, 0.05) is 44.0 Å². The number of hydrogen-bond acceptors (Lipinski definition) is 3. The fraction of sp³-hybridized carbons (Fsp3) is 0.500. The molecule has 0 aliphatic carbocycles. The summed E-state index contributed by atoms with van der Waals surface area (Å²) in [7, 11) is 0. The van der Waals surface area contributed by atoms with E-state index in [2.05, 4.69) is 23.2 Å². The molecule has 0 unspecified atom stereocenters. The van der Waals surface area contributed by atoms with Crippen LogP contribution in [0.1, 0.15) is 46.6 Å². The number of hydrogen-bond donors (Lipinski definition) is 0. The number of pyridine rings is 1. The molecular formula is C26H35N3O2. The Morgan fingerprint density at radius 2 is 1.81 bits per heavy atom. The van der Waals surface area contributed by atoms with Gasteiger partial charge in [-0.15, -0.1) is 0 Å². The molecule has 1 atom stereocenters. The maximum absolute atomic E-state index is 13.7. The summed E-state index contributed by atoms with van der Waals surface area (Å²) < 4.78 is 0. The van der Waals surface area contributed by atoms with E-state index in [1.807, 2.05) is 68.8 Å². The zero-order valence-electron chi connectivity index (χ0n) is 19.5. The quantitative estimate of drug-likeness (QED) is 0.694. The van der Waals surface area contributed by atoms with Crippen LogP contribution in [0.3, 0.4) is 0 Å². The van der Waals surface area contributed by atoms with Crippen molar-refractivity contribution in [1.82, 2.24) is 14.8 Å². The predicted octanol–water partition coefficient (Wildman–Crippen LogP) is 4.42. The number of amides is 2.